The van der Waals surface area contributed by atoms with Crippen molar-refractivity contribution in [3.8, 4) is 0 Å². The van der Waals surface area contributed by atoms with E-state index in [4.69, 9.17) is 39.8 Å². The van der Waals surface area contributed by atoms with Crippen LogP contribution in [0.2, 0.25) is 13.7 Å². The Balaban J connectivity index is 1.51. The molecular formula is C21H19BrCl3N4O2S2+. The predicted octanol–water partition coefficient (Wildman–Crippen LogP) is 5.68. The number of nitrogens with zero attached hydrogens (tertiary/aromatic N) is 3. The normalized spacial score (nSPS) is 15.2. The highest BCUT2D eigenvalue weighted by Gasteiger charge is 2.28. The van der Waals surface area contributed by atoms with Crippen LogP contribution in [0.4, 0.5) is 0 Å². The molecule has 0 amide bonds. The SMILES string of the molecule is CN(CCCN=C1C=C(c2ccccc2Cl)Cc2c(Br)c[nH][n+]21)S(=O)(=O)c1cc(Cl)sc1Cl. The molecule has 174 valence electrons. The number of benzene rings is 1. The number of rotatable bonds is 7. The van der Waals surface area contributed by atoms with Crippen molar-refractivity contribution >= 4 is 83.5 Å². The fraction of sp³-hybridized carbons (Fsp3) is 0.238. The molecule has 1 aliphatic rings. The van der Waals surface area contributed by atoms with Crippen LogP contribution in [-0.2, 0) is 16.4 Å². The molecule has 0 saturated carbocycles. The molecule has 2 aromatic heterocycles. The summed E-state index contributed by atoms with van der Waals surface area (Å²) in [5.41, 5.74) is 3.06. The van der Waals surface area contributed by atoms with E-state index in [-0.39, 0.29) is 15.8 Å². The third-order valence-electron chi connectivity index (χ3n) is 5.19. The van der Waals surface area contributed by atoms with Gasteiger partial charge in [-0.3, -0.25) is 0 Å². The molecule has 4 rings (SSSR count). The number of fused-ring (bicyclic) bond motifs is 1. The molecule has 3 aromatic rings. The second kappa shape index (κ2) is 10.2. The number of halogens is 4. The monoisotopic (exact) mass is 607 g/mol. The van der Waals surface area contributed by atoms with Gasteiger partial charge in [0, 0.05) is 37.5 Å². The zero-order chi connectivity index (χ0) is 23.8. The summed E-state index contributed by atoms with van der Waals surface area (Å²) >= 11 is 23.0. The fourth-order valence-corrected chi connectivity index (χ4v) is 7.49. The van der Waals surface area contributed by atoms with Crippen LogP contribution in [0.1, 0.15) is 17.7 Å². The van der Waals surface area contributed by atoms with Crippen molar-refractivity contribution in [2.45, 2.75) is 17.7 Å². The van der Waals surface area contributed by atoms with E-state index < -0.39 is 10.0 Å². The molecule has 0 radical (unpaired) electrons. The van der Waals surface area contributed by atoms with Gasteiger partial charge in [-0.25, -0.2) is 17.8 Å². The summed E-state index contributed by atoms with van der Waals surface area (Å²) in [5.74, 6) is 0.732. The molecule has 1 aromatic carbocycles. The summed E-state index contributed by atoms with van der Waals surface area (Å²) in [5, 5.41) is 3.88. The van der Waals surface area contributed by atoms with Gasteiger partial charge in [-0.15, -0.1) is 16.0 Å². The lowest BCUT2D eigenvalue weighted by Gasteiger charge is -2.15. The largest absolute Gasteiger partial charge is 0.341 e. The standard InChI is InChI=1S/C21H18BrCl3N4O2S2/c1-28(33(30,31)18-11-19(24)32-21(18)25)8-4-7-26-20-10-13(14-5-2-3-6-16(14)23)9-17-15(22)12-27-29(17)20/h2-3,5-6,10-12H,4,7-9H2,1H3/p+1. The minimum atomic E-state index is -3.71. The third-order valence-corrected chi connectivity index (χ3v) is 9.82. The van der Waals surface area contributed by atoms with Crippen molar-refractivity contribution in [1.82, 2.24) is 9.40 Å². The number of aromatic amines is 1. The second-order valence-corrected chi connectivity index (χ2v) is 12.9. The van der Waals surface area contributed by atoms with Crippen LogP contribution in [0.25, 0.3) is 5.57 Å². The average Bonchev–Trinajstić information content (AvgIpc) is 3.32. The summed E-state index contributed by atoms with van der Waals surface area (Å²) in [6, 6.07) is 9.09. The van der Waals surface area contributed by atoms with Gasteiger partial charge in [0.2, 0.25) is 10.0 Å². The van der Waals surface area contributed by atoms with Crippen LogP contribution in [0, 0.1) is 0 Å². The van der Waals surface area contributed by atoms with Crippen LogP contribution in [0.5, 0.6) is 0 Å². The van der Waals surface area contributed by atoms with Crippen molar-refractivity contribution in [2.75, 3.05) is 20.1 Å². The predicted molar refractivity (Wildman–Crippen MR) is 138 cm³/mol. The fourth-order valence-electron chi connectivity index (χ4n) is 3.50. The first-order valence-corrected chi connectivity index (χ1v) is 14.1. The van der Waals surface area contributed by atoms with Crippen molar-refractivity contribution < 1.29 is 13.1 Å². The Bertz CT molecular complexity index is 1370. The van der Waals surface area contributed by atoms with E-state index in [1.165, 1.54) is 17.4 Å². The van der Waals surface area contributed by atoms with Crippen LogP contribution in [0.3, 0.4) is 0 Å². The second-order valence-electron chi connectivity index (χ2n) is 7.34. The van der Waals surface area contributed by atoms with E-state index in [2.05, 4.69) is 21.0 Å². The van der Waals surface area contributed by atoms with E-state index in [0.717, 1.165) is 38.5 Å². The summed E-state index contributed by atoms with van der Waals surface area (Å²) in [6.45, 7) is 0.721. The van der Waals surface area contributed by atoms with Gasteiger partial charge in [-0.05, 0) is 39.2 Å². The van der Waals surface area contributed by atoms with Gasteiger partial charge in [0.15, 0.2) is 5.69 Å². The Morgan fingerprint density at radius 2 is 2.03 bits per heavy atom. The minimum Gasteiger partial charge on any atom is -0.230 e. The summed E-state index contributed by atoms with van der Waals surface area (Å²) in [6.07, 6.45) is 5.09. The Morgan fingerprint density at radius 1 is 1.27 bits per heavy atom. The molecule has 33 heavy (non-hydrogen) atoms. The van der Waals surface area contributed by atoms with Crippen molar-refractivity contribution in [3.63, 3.8) is 0 Å². The van der Waals surface area contributed by atoms with Gasteiger partial charge < -0.3 is 0 Å². The highest BCUT2D eigenvalue weighted by molar-refractivity contribution is 9.10. The lowest BCUT2D eigenvalue weighted by molar-refractivity contribution is -0.624. The molecule has 0 fully saturated rings. The third kappa shape index (κ3) is 5.24. The lowest BCUT2D eigenvalue weighted by Crippen LogP contribution is -2.49. The number of hydrogen-bond acceptors (Lipinski definition) is 4. The van der Waals surface area contributed by atoms with E-state index in [1.54, 1.807) is 0 Å². The van der Waals surface area contributed by atoms with Crippen molar-refractivity contribution in [1.29, 1.82) is 0 Å². The number of hydrogen-bond donors (Lipinski definition) is 1. The Hall–Kier alpha value is -1.20. The molecule has 0 spiro atoms. The summed E-state index contributed by atoms with van der Waals surface area (Å²) in [4.78, 5) is 4.76. The smallest absolute Gasteiger partial charge is 0.230 e. The number of H-pyrrole nitrogens is 1. The molecule has 0 bridgehead atoms. The van der Waals surface area contributed by atoms with Gasteiger partial charge in [-0.1, -0.05) is 58.0 Å². The Labute approximate surface area is 219 Å². The molecule has 6 nitrogen and oxygen atoms in total. The molecule has 1 N–H and O–H groups in total. The van der Waals surface area contributed by atoms with Crippen LogP contribution < -0.4 is 4.68 Å². The lowest BCUT2D eigenvalue weighted by atomic mass is 9.98. The topological polar surface area (TPSA) is 69.4 Å². The number of sulfonamides is 1. The highest BCUT2D eigenvalue weighted by atomic mass is 79.9. The summed E-state index contributed by atoms with van der Waals surface area (Å²) < 4.78 is 30.2. The number of aliphatic imine (C=N–C) groups is 1. The first-order valence-electron chi connectivity index (χ1n) is 9.87. The minimum absolute atomic E-state index is 0.0315. The highest BCUT2D eigenvalue weighted by Crippen LogP contribution is 2.35. The van der Waals surface area contributed by atoms with Gasteiger partial charge >= 0.3 is 5.84 Å². The number of allylic oxidation sites excluding steroid dienone is 2. The number of nitrogens with one attached hydrogen (secondary N) is 1. The molecule has 3 heterocycles. The Kier molecular flexibility index (Phi) is 7.69. The number of thiophene rings is 1. The van der Waals surface area contributed by atoms with E-state index >= 15 is 0 Å². The van der Waals surface area contributed by atoms with Gasteiger partial charge in [0.05, 0.1) is 15.0 Å². The first-order chi connectivity index (χ1) is 15.7. The molecule has 0 saturated heterocycles. The van der Waals surface area contributed by atoms with Gasteiger partial charge in [0.1, 0.15) is 15.8 Å². The summed E-state index contributed by atoms with van der Waals surface area (Å²) in [7, 11) is -2.19. The molecule has 0 aliphatic carbocycles. The van der Waals surface area contributed by atoms with E-state index in [1.807, 2.05) is 41.2 Å². The van der Waals surface area contributed by atoms with Crippen molar-refractivity contribution in [3.05, 3.63) is 72.0 Å². The molecule has 0 unspecified atom stereocenters. The maximum Gasteiger partial charge on any atom is 0.341 e. The maximum absolute atomic E-state index is 12.8. The molecular weight excluding hydrogens is 591 g/mol. The maximum atomic E-state index is 12.8. The van der Waals surface area contributed by atoms with Crippen LogP contribution >= 0.6 is 62.1 Å². The van der Waals surface area contributed by atoms with Crippen LogP contribution in [-0.4, -0.2) is 43.8 Å². The van der Waals surface area contributed by atoms with Gasteiger partial charge in [0.25, 0.3) is 0 Å². The van der Waals surface area contributed by atoms with E-state index in [0.29, 0.717) is 28.7 Å². The van der Waals surface area contributed by atoms with Crippen LogP contribution in [0.15, 0.2) is 57.0 Å². The van der Waals surface area contributed by atoms with Crippen molar-refractivity contribution in [2.24, 2.45) is 4.99 Å². The molecule has 0 atom stereocenters. The first kappa shape index (κ1) is 24.9. The van der Waals surface area contributed by atoms with Gasteiger partial charge in [-0.2, -0.15) is 0 Å². The number of aromatic nitrogens is 2. The zero-order valence-corrected chi connectivity index (χ0v) is 22.8. The Morgan fingerprint density at radius 3 is 2.73 bits per heavy atom. The molecule has 1 aliphatic heterocycles. The molecule has 12 heteroatoms. The zero-order valence-electron chi connectivity index (χ0n) is 17.4. The van der Waals surface area contributed by atoms with E-state index in [9.17, 15) is 8.42 Å². The average molecular weight is 610 g/mol. The quantitative estimate of drug-likeness (QED) is 0.277.